The van der Waals surface area contributed by atoms with Crippen LogP contribution in [0, 0.1) is 0 Å². The summed E-state index contributed by atoms with van der Waals surface area (Å²) in [5, 5.41) is 1.14. The number of carbonyl (C=O) groups is 2. The monoisotopic (exact) mass is 594 g/mol. The van der Waals surface area contributed by atoms with Gasteiger partial charge in [0, 0.05) is 61.6 Å². The molecule has 3 aromatic carbocycles. The topological polar surface area (TPSA) is 91.2 Å². The van der Waals surface area contributed by atoms with Gasteiger partial charge in [-0.3, -0.25) is 9.59 Å². The number of benzene rings is 3. The molecule has 0 radical (unpaired) electrons. The number of aromatic nitrogens is 1. The summed E-state index contributed by atoms with van der Waals surface area (Å²) in [6, 6.07) is 24.8. The third kappa shape index (κ3) is 7.23. The predicted molar refractivity (Wildman–Crippen MR) is 171 cm³/mol. The third-order valence-corrected chi connectivity index (χ3v) is 7.64. The Kier molecular flexibility index (Phi) is 9.54. The predicted octanol–water partition coefficient (Wildman–Crippen LogP) is 5.76. The van der Waals surface area contributed by atoms with Crippen LogP contribution < -0.4 is 14.4 Å². The van der Waals surface area contributed by atoms with Crippen LogP contribution in [-0.2, 0) is 24.3 Å². The number of hydrogen-bond donors (Lipinski definition) is 1. The summed E-state index contributed by atoms with van der Waals surface area (Å²) < 4.78 is 16.3. The Labute approximate surface area is 257 Å². The van der Waals surface area contributed by atoms with Crippen LogP contribution in [0.3, 0.4) is 0 Å². The first-order chi connectivity index (χ1) is 21.3. The number of fused-ring (bicyclic) bond motifs is 1. The molecule has 228 valence electrons. The van der Waals surface area contributed by atoms with E-state index in [4.69, 9.17) is 13.9 Å². The van der Waals surface area contributed by atoms with Crippen molar-refractivity contribution >= 4 is 28.4 Å². The molecule has 0 atom stereocenters. The first kappa shape index (κ1) is 30.3. The second kappa shape index (κ2) is 13.9. The Morgan fingerprint density at radius 3 is 2.23 bits per heavy atom. The molecule has 2 heterocycles. The van der Waals surface area contributed by atoms with Crippen molar-refractivity contribution in [1.29, 1.82) is 0 Å². The van der Waals surface area contributed by atoms with Gasteiger partial charge in [0.05, 0.1) is 27.0 Å². The lowest BCUT2D eigenvalue weighted by molar-refractivity contribution is -0.132. The maximum atomic E-state index is 14.1. The maximum Gasteiger partial charge on any atom is 0.255 e. The second-order valence-corrected chi connectivity index (χ2v) is 10.8. The number of hydrogen-bond acceptors (Lipinski definition) is 6. The number of amides is 2. The highest BCUT2D eigenvalue weighted by Gasteiger charge is 2.25. The molecule has 0 spiro atoms. The normalized spacial score (nSPS) is 10.9. The highest BCUT2D eigenvalue weighted by molar-refractivity contribution is 5.97. The first-order valence-electron chi connectivity index (χ1n) is 14.5. The van der Waals surface area contributed by atoms with Crippen LogP contribution in [-0.4, -0.2) is 68.0 Å². The van der Waals surface area contributed by atoms with Gasteiger partial charge in [-0.25, -0.2) is 0 Å². The zero-order valence-corrected chi connectivity index (χ0v) is 25.6. The largest absolute Gasteiger partial charge is 0.497 e. The maximum absolute atomic E-state index is 14.1. The molecule has 9 nitrogen and oxygen atoms in total. The van der Waals surface area contributed by atoms with Crippen LogP contribution >= 0.6 is 0 Å². The SMILES string of the molecule is COc1cc(OC)cc(C(=O)N(CC(=O)N(CCc2c[nH]c3ccccc23)Cc2ccc(N(C)C)cc2)Cc2ccco2)c1. The highest BCUT2D eigenvalue weighted by atomic mass is 16.5. The smallest absolute Gasteiger partial charge is 0.255 e. The molecule has 1 N–H and O–H groups in total. The van der Waals surface area contributed by atoms with Crippen molar-refractivity contribution in [2.45, 2.75) is 19.5 Å². The Morgan fingerprint density at radius 1 is 0.841 bits per heavy atom. The standard InChI is InChI=1S/C35H38N4O5/c1-37(2)28-13-11-25(12-14-28)22-38(16-15-26-21-36-33-10-6-5-9-32(26)33)34(40)24-39(23-29-8-7-17-44-29)35(41)27-18-30(42-3)20-31(19-27)43-4/h5-14,17-21,36H,15-16,22-24H2,1-4H3. The van der Waals surface area contributed by atoms with Crippen molar-refractivity contribution < 1.29 is 23.5 Å². The number of rotatable bonds is 13. The Hall–Kier alpha value is -5.18. The molecular formula is C35H38N4O5. The molecule has 0 saturated heterocycles. The number of H-pyrrole nitrogens is 1. The van der Waals surface area contributed by atoms with Crippen molar-refractivity contribution in [1.82, 2.24) is 14.8 Å². The van der Waals surface area contributed by atoms with E-state index in [0.717, 1.165) is 27.7 Å². The van der Waals surface area contributed by atoms with E-state index in [9.17, 15) is 9.59 Å². The summed E-state index contributed by atoms with van der Waals surface area (Å²) in [6.45, 7) is 0.879. The van der Waals surface area contributed by atoms with Gasteiger partial charge in [0.2, 0.25) is 5.91 Å². The summed E-state index contributed by atoms with van der Waals surface area (Å²) in [4.78, 5) is 36.7. The fourth-order valence-corrected chi connectivity index (χ4v) is 5.17. The van der Waals surface area contributed by atoms with E-state index in [0.29, 0.717) is 42.3 Å². The van der Waals surface area contributed by atoms with Gasteiger partial charge >= 0.3 is 0 Å². The molecule has 9 heteroatoms. The molecule has 0 bridgehead atoms. The lowest BCUT2D eigenvalue weighted by Gasteiger charge is -2.28. The minimum Gasteiger partial charge on any atom is -0.497 e. The zero-order valence-electron chi connectivity index (χ0n) is 25.6. The third-order valence-electron chi connectivity index (χ3n) is 7.64. The molecule has 0 saturated carbocycles. The number of carbonyl (C=O) groups excluding carboxylic acids is 2. The highest BCUT2D eigenvalue weighted by Crippen LogP contribution is 2.25. The Balaban J connectivity index is 1.42. The van der Waals surface area contributed by atoms with Crippen molar-refractivity contribution in [3.8, 4) is 11.5 Å². The lowest BCUT2D eigenvalue weighted by Crippen LogP contribution is -2.43. The van der Waals surface area contributed by atoms with Gasteiger partial charge in [-0.1, -0.05) is 30.3 Å². The fraction of sp³-hybridized carbons (Fsp3) is 0.257. The van der Waals surface area contributed by atoms with Gasteiger partial charge in [0.15, 0.2) is 0 Å². The molecule has 44 heavy (non-hydrogen) atoms. The molecule has 0 unspecified atom stereocenters. The average Bonchev–Trinajstić information content (AvgIpc) is 3.72. The van der Waals surface area contributed by atoms with Gasteiger partial charge < -0.3 is 33.6 Å². The van der Waals surface area contributed by atoms with E-state index in [1.165, 1.54) is 19.1 Å². The zero-order chi connectivity index (χ0) is 31.1. The lowest BCUT2D eigenvalue weighted by atomic mass is 10.1. The molecule has 0 aliphatic carbocycles. The second-order valence-electron chi connectivity index (χ2n) is 10.8. The van der Waals surface area contributed by atoms with Gasteiger partial charge in [0.1, 0.15) is 23.8 Å². The number of methoxy groups -OCH3 is 2. The van der Waals surface area contributed by atoms with Crippen LogP contribution in [0.15, 0.2) is 95.7 Å². The summed E-state index contributed by atoms with van der Waals surface area (Å²) in [6.07, 6.45) is 4.21. The van der Waals surface area contributed by atoms with Gasteiger partial charge in [-0.15, -0.1) is 0 Å². The van der Waals surface area contributed by atoms with Crippen LogP contribution in [0.5, 0.6) is 11.5 Å². The number of nitrogens with one attached hydrogen (secondary N) is 1. The van der Waals surface area contributed by atoms with Gasteiger partial charge in [-0.05, 0) is 60.0 Å². The molecule has 0 fully saturated rings. The number of anilines is 1. The first-order valence-corrected chi connectivity index (χ1v) is 14.5. The molecule has 0 aliphatic rings. The molecular weight excluding hydrogens is 556 g/mol. The number of para-hydroxylation sites is 1. The van der Waals surface area contributed by atoms with E-state index in [1.54, 1.807) is 36.6 Å². The van der Waals surface area contributed by atoms with E-state index in [1.807, 2.05) is 72.6 Å². The Morgan fingerprint density at radius 2 is 1.57 bits per heavy atom. The van der Waals surface area contributed by atoms with E-state index in [2.05, 4.69) is 11.1 Å². The van der Waals surface area contributed by atoms with E-state index < -0.39 is 0 Å². The molecule has 0 aliphatic heterocycles. The molecule has 5 aromatic rings. The van der Waals surface area contributed by atoms with Gasteiger partial charge in [-0.2, -0.15) is 0 Å². The number of furan rings is 1. The average molecular weight is 595 g/mol. The number of nitrogens with zero attached hydrogens (tertiary/aromatic N) is 3. The Bertz CT molecular complexity index is 1670. The molecule has 2 aromatic heterocycles. The van der Waals surface area contributed by atoms with Gasteiger partial charge in [0.25, 0.3) is 5.91 Å². The number of aromatic amines is 1. The number of ether oxygens (including phenoxy) is 2. The van der Waals surface area contributed by atoms with Crippen molar-refractivity contribution in [2.75, 3.05) is 46.3 Å². The van der Waals surface area contributed by atoms with Crippen LogP contribution in [0.25, 0.3) is 10.9 Å². The van der Waals surface area contributed by atoms with Crippen LogP contribution in [0.1, 0.15) is 27.2 Å². The summed E-state index contributed by atoms with van der Waals surface area (Å²) in [5.74, 6) is 1.04. The quantitative estimate of drug-likeness (QED) is 0.187. The van der Waals surface area contributed by atoms with Crippen LogP contribution in [0.2, 0.25) is 0 Å². The van der Waals surface area contributed by atoms with E-state index >= 15 is 0 Å². The molecule has 5 rings (SSSR count). The minimum atomic E-state index is -0.334. The van der Waals surface area contributed by atoms with Crippen LogP contribution in [0.4, 0.5) is 5.69 Å². The fourth-order valence-electron chi connectivity index (χ4n) is 5.17. The van der Waals surface area contributed by atoms with E-state index in [-0.39, 0.29) is 24.9 Å². The van der Waals surface area contributed by atoms with Crippen molar-refractivity contribution in [2.24, 2.45) is 0 Å². The summed E-state index contributed by atoms with van der Waals surface area (Å²) in [5.41, 5.74) is 4.63. The molecule has 2 amide bonds. The summed E-state index contributed by atoms with van der Waals surface area (Å²) in [7, 11) is 7.05. The van der Waals surface area contributed by atoms with Crippen molar-refractivity contribution in [3.05, 3.63) is 114 Å². The summed E-state index contributed by atoms with van der Waals surface area (Å²) >= 11 is 0. The van der Waals surface area contributed by atoms with Crippen molar-refractivity contribution in [3.63, 3.8) is 0 Å². The minimum absolute atomic E-state index is 0.130.